The number of aliphatic hydroxyl groups is 2. The van der Waals surface area contributed by atoms with Crippen LogP contribution >= 0.6 is 0 Å². The van der Waals surface area contributed by atoms with E-state index in [0.717, 1.165) is 0 Å². The van der Waals surface area contributed by atoms with Crippen LogP contribution in [0.15, 0.2) is 6.33 Å². The van der Waals surface area contributed by atoms with E-state index in [-0.39, 0.29) is 23.4 Å². The molecule has 1 aliphatic rings. The summed E-state index contributed by atoms with van der Waals surface area (Å²) in [6, 6.07) is -1.59. The van der Waals surface area contributed by atoms with Gasteiger partial charge in [-0.3, -0.25) is 4.57 Å². The van der Waals surface area contributed by atoms with Crippen LogP contribution in [0.1, 0.15) is 12.6 Å². The van der Waals surface area contributed by atoms with E-state index >= 15 is 0 Å². The summed E-state index contributed by atoms with van der Waals surface area (Å²) in [6.07, 6.45) is 3.56. The van der Waals surface area contributed by atoms with Crippen molar-refractivity contribution in [1.29, 1.82) is 0 Å². The fourth-order valence-corrected chi connectivity index (χ4v) is 2.49. The number of anilines is 1. The smallest absolute Gasteiger partial charge is 0.312 e. The molecule has 10 heteroatoms. The van der Waals surface area contributed by atoms with Crippen LogP contribution in [0.3, 0.4) is 0 Å². The molecule has 22 heavy (non-hydrogen) atoms. The average molecular weight is 303 g/mol. The molecule has 0 bridgehead atoms. The highest BCUT2D eigenvalue weighted by atomic mass is 19.1. The summed E-state index contributed by atoms with van der Waals surface area (Å²) in [5, 5.41) is 19.7. The number of ether oxygens (including phenoxy) is 1. The van der Waals surface area contributed by atoms with E-state index in [4.69, 9.17) is 24.7 Å². The zero-order valence-electron chi connectivity index (χ0n) is 11.2. The first-order valence-electron chi connectivity index (χ1n) is 6.32. The molecule has 3 heterocycles. The number of imidazole rings is 1. The molecule has 2 aromatic rings. The van der Waals surface area contributed by atoms with Crippen molar-refractivity contribution in [3.05, 3.63) is 12.4 Å². The Morgan fingerprint density at radius 3 is 2.95 bits per heavy atom. The molecule has 1 fully saturated rings. The summed E-state index contributed by atoms with van der Waals surface area (Å²) in [5.74, 6) is 2.05. The number of nitrogens with zero attached hydrogens (tertiary/aromatic N) is 4. The van der Waals surface area contributed by atoms with Crippen LogP contribution in [0.5, 0.6) is 0 Å². The second-order valence-corrected chi connectivity index (χ2v) is 4.91. The van der Waals surface area contributed by atoms with Gasteiger partial charge in [0.2, 0.25) is 0 Å². The van der Waals surface area contributed by atoms with Crippen LogP contribution in [0.25, 0.3) is 11.2 Å². The number of nitrogen functional groups attached to an aromatic ring is 1. The highest BCUT2D eigenvalue weighted by molar-refractivity contribution is 6.12. The van der Waals surface area contributed by atoms with Gasteiger partial charge in [0, 0.05) is 6.42 Å². The van der Waals surface area contributed by atoms with Crippen molar-refractivity contribution in [1.82, 2.24) is 19.5 Å². The van der Waals surface area contributed by atoms with Crippen molar-refractivity contribution in [2.24, 2.45) is 0 Å². The molecular weight excluding hydrogens is 292 g/mol. The van der Waals surface area contributed by atoms with E-state index in [1.807, 2.05) is 0 Å². The van der Waals surface area contributed by atoms with E-state index < -0.39 is 30.0 Å². The Morgan fingerprint density at radius 2 is 2.36 bits per heavy atom. The molecule has 2 radical (unpaired) electrons. The molecule has 112 valence electrons. The van der Waals surface area contributed by atoms with Crippen LogP contribution in [0.4, 0.5) is 10.2 Å². The van der Waals surface area contributed by atoms with E-state index in [9.17, 15) is 14.6 Å². The molecule has 1 aliphatic heterocycles. The van der Waals surface area contributed by atoms with Crippen molar-refractivity contribution in [2.75, 3.05) is 5.73 Å². The molecule has 0 spiro atoms. The van der Waals surface area contributed by atoms with Crippen molar-refractivity contribution >= 4 is 24.8 Å². The molecule has 0 amide bonds. The Labute approximate surface area is 125 Å². The first-order valence-corrected chi connectivity index (χ1v) is 6.32. The standard InChI is InChI=1S/C12H11BFN5O3/c1-2-12(10(13)21)5(20)3-6(22-12)19-4-16-7-8(15)17-11(14)18-9(7)19/h1,4-6,10,20-21H,3H2,(H2,15,17,18)/t5-,6+,10?,12-/m0/s1. The van der Waals surface area contributed by atoms with Gasteiger partial charge in [-0.05, 0) is 0 Å². The van der Waals surface area contributed by atoms with Crippen LogP contribution in [-0.2, 0) is 4.74 Å². The zero-order valence-corrected chi connectivity index (χ0v) is 11.2. The van der Waals surface area contributed by atoms with Gasteiger partial charge >= 0.3 is 6.08 Å². The minimum Gasteiger partial charge on any atom is -0.399 e. The van der Waals surface area contributed by atoms with Gasteiger partial charge in [0.25, 0.3) is 0 Å². The summed E-state index contributed by atoms with van der Waals surface area (Å²) in [6.45, 7) is 0. The Hall–Kier alpha value is -2.22. The minimum atomic E-state index is -1.77. The summed E-state index contributed by atoms with van der Waals surface area (Å²) >= 11 is 0. The maximum absolute atomic E-state index is 13.3. The summed E-state index contributed by atoms with van der Waals surface area (Å²) in [4.78, 5) is 11.0. The molecule has 3 rings (SSSR count). The fourth-order valence-electron chi connectivity index (χ4n) is 2.49. The Morgan fingerprint density at radius 1 is 1.64 bits per heavy atom. The number of aliphatic hydroxyl groups excluding tert-OH is 2. The van der Waals surface area contributed by atoms with Gasteiger partial charge in [0.05, 0.1) is 12.3 Å². The molecule has 0 aliphatic carbocycles. The first-order chi connectivity index (χ1) is 10.4. The lowest BCUT2D eigenvalue weighted by atomic mass is 9.80. The number of rotatable bonds is 2. The SMILES string of the molecule is [B]C(O)[C@@]1(C#C)O[C@@H](n2cnc3c(N)nc(F)nc32)C[C@@H]1O. The van der Waals surface area contributed by atoms with Crippen LogP contribution in [0, 0.1) is 18.4 Å². The first kappa shape index (κ1) is 14.7. The molecule has 0 saturated carbocycles. The molecule has 1 unspecified atom stereocenters. The molecular formula is C12H11BFN5O3. The van der Waals surface area contributed by atoms with Gasteiger partial charge in [-0.25, -0.2) is 4.98 Å². The minimum absolute atomic E-state index is 0.00937. The highest BCUT2D eigenvalue weighted by Gasteiger charge is 2.51. The van der Waals surface area contributed by atoms with E-state index in [1.165, 1.54) is 10.9 Å². The lowest BCUT2D eigenvalue weighted by Crippen LogP contribution is -2.49. The van der Waals surface area contributed by atoms with Gasteiger partial charge < -0.3 is 20.7 Å². The Balaban J connectivity index is 2.06. The van der Waals surface area contributed by atoms with Gasteiger partial charge in [-0.1, -0.05) is 5.92 Å². The van der Waals surface area contributed by atoms with Crippen molar-refractivity contribution in [2.45, 2.75) is 30.4 Å². The summed E-state index contributed by atoms with van der Waals surface area (Å²) in [5.41, 5.74) is 4.08. The van der Waals surface area contributed by atoms with Crippen LogP contribution < -0.4 is 5.73 Å². The zero-order chi connectivity index (χ0) is 16.1. The van der Waals surface area contributed by atoms with E-state index in [1.54, 1.807) is 0 Å². The molecule has 0 aromatic carbocycles. The average Bonchev–Trinajstić information content (AvgIpc) is 3.00. The Bertz CT molecular complexity index is 776. The number of hydrogen-bond donors (Lipinski definition) is 3. The third-order valence-electron chi connectivity index (χ3n) is 3.65. The molecule has 2 aromatic heterocycles. The van der Waals surface area contributed by atoms with Gasteiger partial charge in [-0.15, -0.1) is 6.42 Å². The number of fused-ring (bicyclic) bond motifs is 1. The third-order valence-corrected chi connectivity index (χ3v) is 3.65. The predicted octanol–water partition coefficient (Wildman–Crippen LogP) is -1.31. The number of terminal acetylenes is 1. The van der Waals surface area contributed by atoms with Crippen molar-refractivity contribution in [3.63, 3.8) is 0 Å². The normalized spacial score (nSPS) is 29.5. The highest BCUT2D eigenvalue weighted by Crippen LogP contribution is 2.39. The molecule has 4 atom stereocenters. The lowest BCUT2D eigenvalue weighted by Gasteiger charge is -2.29. The molecule has 1 saturated heterocycles. The van der Waals surface area contributed by atoms with E-state index in [0.29, 0.717) is 0 Å². The van der Waals surface area contributed by atoms with Gasteiger partial charge in [-0.2, -0.15) is 14.4 Å². The van der Waals surface area contributed by atoms with E-state index in [2.05, 4.69) is 20.9 Å². The van der Waals surface area contributed by atoms with Gasteiger partial charge in [0.15, 0.2) is 22.6 Å². The summed E-state index contributed by atoms with van der Waals surface area (Å²) < 4.78 is 20.2. The third kappa shape index (κ3) is 1.94. The lowest BCUT2D eigenvalue weighted by molar-refractivity contribution is -0.103. The molecule has 8 nitrogen and oxygen atoms in total. The second-order valence-electron chi connectivity index (χ2n) is 4.91. The maximum Gasteiger partial charge on any atom is 0.312 e. The number of hydrogen-bond acceptors (Lipinski definition) is 7. The number of nitrogens with two attached hydrogens (primary N) is 1. The summed E-state index contributed by atoms with van der Waals surface area (Å²) in [7, 11) is 5.41. The second kappa shape index (κ2) is 4.91. The maximum atomic E-state index is 13.3. The van der Waals surface area contributed by atoms with Crippen molar-refractivity contribution in [3.8, 4) is 12.3 Å². The number of aromatic nitrogens is 4. The fraction of sp³-hybridized carbons (Fsp3) is 0.417. The monoisotopic (exact) mass is 303 g/mol. The predicted molar refractivity (Wildman–Crippen MR) is 73.8 cm³/mol. The topological polar surface area (TPSA) is 119 Å². The largest absolute Gasteiger partial charge is 0.399 e. The van der Waals surface area contributed by atoms with Crippen LogP contribution in [-0.4, -0.2) is 55.3 Å². The van der Waals surface area contributed by atoms with Crippen LogP contribution in [0.2, 0.25) is 0 Å². The molecule has 4 N–H and O–H groups in total. The van der Waals surface area contributed by atoms with Crippen molar-refractivity contribution < 1.29 is 19.3 Å². The quantitative estimate of drug-likeness (QED) is 0.358. The Kier molecular flexibility index (Phi) is 3.28. The number of halogens is 1. The van der Waals surface area contributed by atoms with Gasteiger partial charge in [0.1, 0.15) is 20.2 Å².